The van der Waals surface area contributed by atoms with Crippen molar-refractivity contribution in [2.45, 2.75) is 57.9 Å². The summed E-state index contributed by atoms with van der Waals surface area (Å²) in [6.45, 7) is 2.76. The highest BCUT2D eigenvalue weighted by Crippen LogP contribution is 2.27. The molecule has 1 rings (SSSR count). The van der Waals surface area contributed by atoms with Gasteiger partial charge in [0.2, 0.25) is 0 Å². The van der Waals surface area contributed by atoms with Crippen molar-refractivity contribution in [2.75, 3.05) is 13.6 Å². The quantitative estimate of drug-likeness (QED) is 0.728. The minimum atomic E-state index is -0.778. The molecule has 1 aliphatic rings. The van der Waals surface area contributed by atoms with Crippen molar-refractivity contribution in [3.63, 3.8) is 0 Å². The Kier molecular flexibility index (Phi) is 6.67. The lowest BCUT2D eigenvalue weighted by Crippen LogP contribution is -2.47. The van der Waals surface area contributed by atoms with Crippen LogP contribution in [0, 0.1) is 5.92 Å². The third-order valence-electron chi connectivity index (χ3n) is 3.98. The summed E-state index contributed by atoms with van der Waals surface area (Å²) in [6, 6.07) is 0.307. The van der Waals surface area contributed by atoms with Gasteiger partial charge in [0.05, 0.1) is 0 Å². The fourth-order valence-corrected chi connectivity index (χ4v) is 2.74. The monoisotopic (exact) mass is 270 g/mol. The number of rotatable bonds is 6. The molecule has 0 bridgehead atoms. The van der Waals surface area contributed by atoms with Crippen molar-refractivity contribution < 1.29 is 14.7 Å². The molecule has 0 aromatic carbocycles. The number of carboxylic acid groups (broad SMARTS) is 1. The predicted molar refractivity (Wildman–Crippen MR) is 74.1 cm³/mol. The molecule has 0 heterocycles. The molecule has 1 aliphatic carbocycles. The number of amides is 2. The number of carboxylic acids is 1. The number of hydrogen-bond acceptors (Lipinski definition) is 2. The summed E-state index contributed by atoms with van der Waals surface area (Å²) in [7, 11) is 1.86. The summed E-state index contributed by atoms with van der Waals surface area (Å²) in [6.07, 6.45) is 6.25. The Balaban J connectivity index is 2.22. The lowest BCUT2D eigenvalue weighted by atomic mass is 9.85. The minimum Gasteiger partial charge on any atom is -0.481 e. The fraction of sp³-hybridized carbons (Fsp3) is 0.857. The fourth-order valence-electron chi connectivity index (χ4n) is 2.74. The number of carbonyl (C=O) groups is 2. The van der Waals surface area contributed by atoms with Crippen molar-refractivity contribution in [3.8, 4) is 0 Å². The van der Waals surface area contributed by atoms with E-state index in [-0.39, 0.29) is 12.5 Å². The van der Waals surface area contributed by atoms with Crippen molar-refractivity contribution in [1.29, 1.82) is 0 Å². The number of carbonyl (C=O) groups excluding carboxylic acids is 1. The second-order valence-electron chi connectivity index (χ2n) is 5.52. The van der Waals surface area contributed by atoms with E-state index in [1.807, 2.05) is 11.9 Å². The lowest BCUT2D eigenvalue weighted by molar-refractivity contribution is -0.137. The van der Waals surface area contributed by atoms with Gasteiger partial charge in [0.15, 0.2) is 0 Å². The van der Waals surface area contributed by atoms with Gasteiger partial charge in [-0.05, 0) is 31.6 Å². The standard InChI is InChI=1S/C14H26N2O3/c1-11-7-3-4-8-12(11)16(2)14(19)15-10-6-5-9-13(17)18/h11-12H,3-10H2,1-2H3,(H,15,19)(H,17,18). The van der Waals surface area contributed by atoms with Crippen LogP contribution < -0.4 is 5.32 Å². The van der Waals surface area contributed by atoms with Crippen LogP contribution in [0.2, 0.25) is 0 Å². The number of nitrogens with one attached hydrogen (secondary N) is 1. The first kappa shape index (κ1) is 15.8. The van der Waals surface area contributed by atoms with E-state index in [2.05, 4.69) is 12.2 Å². The summed E-state index contributed by atoms with van der Waals surface area (Å²) in [5.41, 5.74) is 0. The number of aliphatic carboxylic acids is 1. The van der Waals surface area contributed by atoms with Crippen LogP contribution in [0.1, 0.15) is 51.9 Å². The Morgan fingerprint density at radius 3 is 2.58 bits per heavy atom. The molecule has 5 heteroatoms. The number of hydrogen-bond donors (Lipinski definition) is 2. The van der Waals surface area contributed by atoms with Crippen LogP contribution in [0.5, 0.6) is 0 Å². The lowest BCUT2D eigenvalue weighted by Gasteiger charge is -2.36. The average molecular weight is 270 g/mol. The molecule has 2 N–H and O–H groups in total. The van der Waals surface area contributed by atoms with E-state index >= 15 is 0 Å². The average Bonchev–Trinajstić information content (AvgIpc) is 2.37. The van der Waals surface area contributed by atoms with E-state index < -0.39 is 5.97 Å². The molecule has 2 unspecified atom stereocenters. The number of unbranched alkanes of at least 4 members (excludes halogenated alkanes) is 1. The Morgan fingerprint density at radius 1 is 1.26 bits per heavy atom. The molecule has 19 heavy (non-hydrogen) atoms. The number of nitrogens with zero attached hydrogens (tertiary/aromatic N) is 1. The van der Waals surface area contributed by atoms with Gasteiger partial charge >= 0.3 is 12.0 Å². The molecule has 1 saturated carbocycles. The molecule has 0 aromatic heterocycles. The highest BCUT2D eigenvalue weighted by molar-refractivity contribution is 5.74. The van der Waals surface area contributed by atoms with Crippen LogP contribution in [0.3, 0.4) is 0 Å². The zero-order valence-electron chi connectivity index (χ0n) is 12.0. The minimum absolute atomic E-state index is 0.0333. The van der Waals surface area contributed by atoms with Crippen LogP contribution in [-0.4, -0.2) is 41.6 Å². The van der Waals surface area contributed by atoms with E-state index in [0.29, 0.717) is 31.3 Å². The van der Waals surface area contributed by atoms with Crippen molar-refractivity contribution in [3.05, 3.63) is 0 Å². The highest BCUT2D eigenvalue weighted by atomic mass is 16.4. The molecule has 5 nitrogen and oxygen atoms in total. The summed E-state index contributed by atoms with van der Waals surface area (Å²) in [5, 5.41) is 11.4. The maximum Gasteiger partial charge on any atom is 0.317 e. The van der Waals surface area contributed by atoms with E-state index in [0.717, 1.165) is 6.42 Å². The third-order valence-corrected chi connectivity index (χ3v) is 3.98. The van der Waals surface area contributed by atoms with Gasteiger partial charge in [0.25, 0.3) is 0 Å². The smallest absolute Gasteiger partial charge is 0.317 e. The summed E-state index contributed by atoms with van der Waals surface area (Å²) >= 11 is 0. The van der Waals surface area contributed by atoms with Gasteiger partial charge in [-0.1, -0.05) is 19.8 Å². The molecule has 0 aromatic rings. The van der Waals surface area contributed by atoms with Crippen LogP contribution in [0.4, 0.5) is 4.79 Å². The Hall–Kier alpha value is -1.26. The van der Waals surface area contributed by atoms with Crippen LogP contribution in [-0.2, 0) is 4.79 Å². The zero-order valence-corrected chi connectivity index (χ0v) is 12.0. The molecule has 0 radical (unpaired) electrons. The van der Waals surface area contributed by atoms with Crippen LogP contribution in [0.15, 0.2) is 0 Å². The Bertz CT molecular complexity index is 307. The molecule has 2 amide bonds. The molecular weight excluding hydrogens is 244 g/mol. The number of urea groups is 1. The van der Waals surface area contributed by atoms with Crippen molar-refractivity contribution >= 4 is 12.0 Å². The van der Waals surface area contributed by atoms with Crippen molar-refractivity contribution in [2.24, 2.45) is 5.92 Å². The van der Waals surface area contributed by atoms with Gasteiger partial charge in [0, 0.05) is 26.1 Å². The first-order valence-electron chi connectivity index (χ1n) is 7.25. The predicted octanol–water partition coefficient (Wildman–Crippen LogP) is 2.46. The van der Waals surface area contributed by atoms with E-state index in [9.17, 15) is 9.59 Å². The van der Waals surface area contributed by atoms with Gasteiger partial charge in [-0.3, -0.25) is 4.79 Å². The second kappa shape index (κ2) is 8.02. The molecule has 0 aliphatic heterocycles. The summed E-state index contributed by atoms with van der Waals surface area (Å²) in [5.74, 6) is -0.212. The molecule has 1 fully saturated rings. The normalized spacial score (nSPS) is 22.8. The summed E-state index contributed by atoms with van der Waals surface area (Å²) < 4.78 is 0. The van der Waals surface area contributed by atoms with Gasteiger partial charge < -0.3 is 15.3 Å². The van der Waals surface area contributed by atoms with Gasteiger partial charge in [-0.2, -0.15) is 0 Å². The molecule has 110 valence electrons. The van der Waals surface area contributed by atoms with E-state index in [1.165, 1.54) is 19.3 Å². The van der Waals surface area contributed by atoms with Crippen LogP contribution in [0.25, 0.3) is 0 Å². The van der Waals surface area contributed by atoms with E-state index in [4.69, 9.17) is 5.11 Å². The largest absolute Gasteiger partial charge is 0.481 e. The maximum atomic E-state index is 12.0. The maximum absolute atomic E-state index is 12.0. The topological polar surface area (TPSA) is 69.6 Å². The van der Waals surface area contributed by atoms with Gasteiger partial charge in [0.1, 0.15) is 0 Å². The Labute approximate surface area is 115 Å². The van der Waals surface area contributed by atoms with E-state index in [1.54, 1.807) is 0 Å². The first-order valence-corrected chi connectivity index (χ1v) is 7.25. The molecule has 0 spiro atoms. The zero-order chi connectivity index (χ0) is 14.3. The van der Waals surface area contributed by atoms with Gasteiger partial charge in [-0.25, -0.2) is 4.79 Å². The third kappa shape index (κ3) is 5.49. The highest BCUT2D eigenvalue weighted by Gasteiger charge is 2.27. The SMILES string of the molecule is CC1CCCCC1N(C)C(=O)NCCCCC(=O)O. The summed E-state index contributed by atoms with van der Waals surface area (Å²) in [4.78, 5) is 24.2. The molecule has 2 atom stereocenters. The van der Waals surface area contributed by atoms with Gasteiger partial charge in [-0.15, -0.1) is 0 Å². The van der Waals surface area contributed by atoms with Crippen molar-refractivity contribution in [1.82, 2.24) is 10.2 Å². The first-order chi connectivity index (χ1) is 9.02. The van der Waals surface area contributed by atoms with Crippen LogP contribution >= 0.6 is 0 Å². The molecular formula is C14H26N2O3. The molecule has 0 saturated heterocycles. The Morgan fingerprint density at radius 2 is 1.95 bits per heavy atom. The second-order valence-corrected chi connectivity index (χ2v) is 5.52.